The molecule has 2 aromatic carbocycles. The second kappa shape index (κ2) is 9.33. The first-order valence-corrected chi connectivity index (χ1v) is 12.1. The molecule has 0 aliphatic carbocycles. The quantitative estimate of drug-likeness (QED) is 0.525. The molecule has 0 saturated carbocycles. The summed E-state index contributed by atoms with van der Waals surface area (Å²) in [5, 5.41) is 12.3. The Morgan fingerprint density at radius 2 is 1.24 bits per heavy atom. The summed E-state index contributed by atoms with van der Waals surface area (Å²) in [7, 11) is 0. The monoisotopic (exact) mass is 369 g/mol. The van der Waals surface area contributed by atoms with E-state index in [1.165, 1.54) is 10.6 Å². The molecule has 0 aromatic heterocycles. The molecule has 0 radical (unpaired) electrons. The van der Waals surface area contributed by atoms with Crippen LogP contribution >= 0.6 is 6.04 Å². The van der Waals surface area contributed by atoms with Gasteiger partial charge in [0, 0.05) is 6.04 Å². The van der Waals surface area contributed by atoms with Gasteiger partial charge < -0.3 is 0 Å². The number of nitriles is 1. The van der Waals surface area contributed by atoms with Gasteiger partial charge in [0.05, 0.1) is 11.2 Å². The molecule has 0 aliphatic rings. The molecule has 25 heavy (non-hydrogen) atoms. The van der Waals surface area contributed by atoms with Crippen LogP contribution in [-0.4, -0.2) is 5.16 Å². The Morgan fingerprint density at radius 3 is 1.56 bits per heavy atom. The first-order valence-electron chi connectivity index (χ1n) is 9.27. The number of hydrogen-bond acceptors (Lipinski definition) is 2. The number of benzene rings is 2. The van der Waals surface area contributed by atoms with E-state index >= 15 is 0 Å². The minimum Gasteiger partial charge on any atom is -0.197 e. The van der Waals surface area contributed by atoms with Gasteiger partial charge in [-0.3, -0.25) is 0 Å². The van der Waals surface area contributed by atoms with Crippen molar-refractivity contribution in [3.8, 4) is 6.07 Å². The minimum atomic E-state index is -2.25. The topological polar surface area (TPSA) is 23.8 Å². The summed E-state index contributed by atoms with van der Waals surface area (Å²) in [5.74, 6) is 0. The van der Waals surface area contributed by atoms with E-state index in [4.69, 9.17) is 11.8 Å². The fraction of sp³-hybridized carbons (Fsp3) is 0.409. The highest BCUT2D eigenvalue weighted by molar-refractivity contribution is 8.22. The van der Waals surface area contributed by atoms with Gasteiger partial charge in [-0.1, -0.05) is 112 Å². The molecule has 0 N–H and O–H groups in total. The van der Waals surface area contributed by atoms with Crippen molar-refractivity contribution in [1.82, 2.24) is 0 Å². The van der Waals surface area contributed by atoms with Crippen LogP contribution in [0.1, 0.15) is 52.4 Å². The van der Waals surface area contributed by atoms with Crippen LogP contribution in [0.2, 0.25) is 0 Å². The van der Waals surface area contributed by atoms with Crippen molar-refractivity contribution in [1.29, 1.82) is 5.26 Å². The molecule has 1 nitrogen and oxygen atoms in total. The lowest BCUT2D eigenvalue weighted by atomic mass is 9.96. The van der Waals surface area contributed by atoms with Crippen molar-refractivity contribution in [2.24, 2.45) is 0 Å². The van der Waals surface area contributed by atoms with E-state index in [1.807, 2.05) is 12.1 Å². The molecule has 0 fully saturated rings. The second-order valence-electron chi connectivity index (χ2n) is 6.63. The third kappa shape index (κ3) is 4.05. The first kappa shape index (κ1) is 19.9. The molecule has 2 rings (SSSR count). The van der Waals surface area contributed by atoms with Gasteiger partial charge in [0.1, 0.15) is 0 Å². The molecule has 0 amide bonds. The average Bonchev–Trinajstić information content (AvgIpc) is 2.69. The Balaban J connectivity index is 2.70. The zero-order chi connectivity index (χ0) is 18.2. The highest BCUT2D eigenvalue weighted by Gasteiger charge is 2.45. The molecule has 0 atom stereocenters. The van der Waals surface area contributed by atoms with Gasteiger partial charge >= 0.3 is 0 Å². The van der Waals surface area contributed by atoms with E-state index in [0.29, 0.717) is 0 Å². The summed E-state index contributed by atoms with van der Waals surface area (Å²) >= 11 is 6.48. The van der Waals surface area contributed by atoms with Crippen molar-refractivity contribution in [3.63, 3.8) is 0 Å². The fourth-order valence-electron chi connectivity index (χ4n) is 3.48. The van der Waals surface area contributed by atoms with E-state index < -0.39 is 11.2 Å². The number of unbranched alkanes of at least 4 members (excludes halogenated alkanes) is 2. The normalized spacial score (nSPS) is 11.9. The van der Waals surface area contributed by atoms with Crippen LogP contribution in [0, 0.1) is 11.3 Å². The fourth-order valence-corrected chi connectivity index (χ4v) is 8.44. The Morgan fingerprint density at radius 1 is 0.840 bits per heavy atom. The van der Waals surface area contributed by atoms with Crippen LogP contribution in [-0.2, 0) is 11.8 Å². The molecule has 2 aromatic rings. The summed E-state index contributed by atoms with van der Waals surface area (Å²) < 4.78 is 0. The SMILES string of the molecule is CCCCC(C#N)(CCCC)P(=S)(c1ccccc1)c1ccccc1. The van der Waals surface area contributed by atoms with Crippen LogP contribution in [0.4, 0.5) is 0 Å². The molecule has 0 heterocycles. The van der Waals surface area contributed by atoms with Crippen LogP contribution < -0.4 is 10.6 Å². The first-order chi connectivity index (χ1) is 12.1. The highest BCUT2D eigenvalue weighted by atomic mass is 32.4. The van der Waals surface area contributed by atoms with Gasteiger partial charge in [-0.15, -0.1) is 0 Å². The van der Waals surface area contributed by atoms with Crippen molar-refractivity contribution in [3.05, 3.63) is 60.7 Å². The van der Waals surface area contributed by atoms with Crippen molar-refractivity contribution in [2.45, 2.75) is 57.5 Å². The lowest BCUT2D eigenvalue weighted by Crippen LogP contribution is -2.37. The van der Waals surface area contributed by atoms with Gasteiger partial charge in [-0.05, 0) is 23.5 Å². The van der Waals surface area contributed by atoms with Crippen LogP contribution in [0.15, 0.2) is 60.7 Å². The van der Waals surface area contributed by atoms with Crippen LogP contribution in [0.3, 0.4) is 0 Å². The van der Waals surface area contributed by atoms with Crippen LogP contribution in [0.25, 0.3) is 0 Å². The molecular formula is C22H28NPS. The summed E-state index contributed by atoms with van der Waals surface area (Å²) in [5.41, 5.74) is 0. The smallest absolute Gasteiger partial charge is 0.0937 e. The molecule has 0 aliphatic heterocycles. The van der Waals surface area contributed by atoms with Crippen molar-refractivity contribution < 1.29 is 0 Å². The van der Waals surface area contributed by atoms with Crippen molar-refractivity contribution in [2.75, 3.05) is 0 Å². The maximum absolute atomic E-state index is 10.4. The molecule has 0 unspecified atom stereocenters. The average molecular weight is 370 g/mol. The summed E-state index contributed by atoms with van der Waals surface area (Å²) in [6, 6.07) is 21.3. The number of nitrogens with zero attached hydrogens (tertiary/aromatic N) is 1. The maximum Gasteiger partial charge on any atom is 0.0937 e. The van der Waals surface area contributed by atoms with Gasteiger partial charge in [-0.25, -0.2) is 0 Å². The molecule has 0 bridgehead atoms. The Hall–Kier alpha value is -1.42. The van der Waals surface area contributed by atoms with Gasteiger partial charge in [0.2, 0.25) is 0 Å². The Kier molecular flexibility index (Phi) is 7.42. The third-order valence-electron chi connectivity index (χ3n) is 4.94. The van der Waals surface area contributed by atoms with Crippen LogP contribution in [0.5, 0.6) is 0 Å². The zero-order valence-corrected chi connectivity index (χ0v) is 17.0. The standard InChI is InChI=1S/C22H28NPS/c1-3-5-17-22(19-23,18-6-4-2)24(25,20-13-9-7-10-14-20)21-15-11-8-12-16-21/h7-16H,3-6,17-18H2,1-2H3. The van der Waals surface area contributed by atoms with Gasteiger partial charge in [-0.2, -0.15) is 5.26 Å². The summed E-state index contributed by atoms with van der Waals surface area (Å²) in [6.45, 7) is 4.38. The van der Waals surface area contributed by atoms with E-state index in [-0.39, 0.29) is 0 Å². The Labute approximate surface area is 158 Å². The third-order valence-corrected chi connectivity index (χ3v) is 11.1. The molecule has 132 valence electrons. The number of rotatable bonds is 9. The molecule has 0 saturated heterocycles. The summed E-state index contributed by atoms with van der Waals surface area (Å²) in [4.78, 5) is 0. The van der Waals surface area contributed by atoms with Gasteiger partial charge in [0.25, 0.3) is 0 Å². The predicted octanol–water partition coefficient (Wildman–Crippen LogP) is 5.76. The minimum absolute atomic E-state index is 0.461. The van der Waals surface area contributed by atoms with Crippen molar-refractivity contribution >= 4 is 28.5 Å². The van der Waals surface area contributed by atoms with Gasteiger partial charge in [0.15, 0.2) is 0 Å². The van der Waals surface area contributed by atoms with E-state index in [1.54, 1.807) is 0 Å². The Bertz CT molecular complexity index is 682. The van der Waals surface area contributed by atoms with E-state index in [9.17, 15) is 5.26 Å². The van der Waals surface area contributed by atoms with E-state index in [2.05, 4.69) is 68.4 Å². The second-order valence-corrected chi connectivity index (χ2v) is 11.4. The highest BCUT2D eigenvalue weighted by Crippen LogP contribution is 2.60. The molecular weight excluding hydrogens is 341 g/mol. The molecule has 3 heteroatoms. The largest absolute Gasteiger partial charge is 0.197 e. The predicted molar refractivity (Wildman–Crippen MR) is 114 cm³/mol. The summed E-state index contributed by atoms with van der Waals surface area (Å²) in [6.07, 6.45) is 6.07. The maximum atomic E-state index is 10.4. The lowest BCUT2D eigenvalue weighted by molar-refractivity contribution is 0.539. The lowest BCUT2D eigenvalue weighted by Gasteiger charge is -2.40. The van der Waals surface area contributed by atoms with E-state index in [0.717, 1.165) is 38.5 Å². The molecule has 0 spiro atoms. The number of hydrogen-bond donors (Lipinski definition) is 0. The zero-order valence-electron chi connectivity index (χ0n) is 15.3.